The van der Waals surface area contributed by atoms with Gasteiger partial charge in [0.1, 0.15) is 12.7 Å². The Kier molecular flexibility index (Phi) is 6.84. The number of aliphatic hydroxyl groups is 3. The fourth-order valence-electron chi connectivity index (χ4n) is 10.0. The molecule has 0 spiro atoms. The number of aliphatic hydroxyl groups excluding tert-OH is 2. The Balaban J connectivity index is 1.14. The van der Waals surface area contributed by atoms with Crippen LogP contribution in [0.5, 0.6) is 0 Å². The smallest absolute Gasteiger partial charge is 0.331 e. The second-order valence-electron chi connectivity index (χ2n) is 13.7. The van der Waals surface area contributed by atoms with Gasteiger partial charge in [-0.2, -0.15) is 0 Å². The van der Waals surface area contributed by atoms with E-state index in [9.17, 15) is 20.1 Å². The number of azide groups is 1. The third-order valence-electron chi connectivity index (χ3n) is 12.3. The van der Waals surface area contributed by atoms with Gasteiger partial charge in [0.15, 0.2) is 6.29 Å². The van der Waals surface area contributed by atoms with Crippen molar-refractivity contribution in [3.05, 3.63) is 22.1 Å². The fraction of sp³-hybridized carbons (Fsp3) is 0.897. The molecule has 0 bridgehead atoms. The van der Waals surface area contributed by atoms with E-state index in [1.165, 1.54) is 0 Å². The highest BCUT2D eigenvalue weighted by Gasteiger charge is 2.67. The number of fused-ring (bicyclic) bond motifs is 5. The Morgan fingerprint density at radius 1 is 1.08 bits per heavy atom. The van der Waals surface area contributed by atoms with E-state index in [1.54, 1.807) is 13.0 Å². The topological polar surface area (TPSA) is 154 Å². The summed E-state index contributed by atoms with van der Waals surface area (Å²) in [6.45, 7) is 6.75. The molecule has 0 radical (unpaired) electrons. The summed E-state index contributed by atoms with van der Waals surface area (Å²) in [5, 5.41) is 37.1. The van der Waals surface area contributed by atoms with E-state index in [0.29, 0.717) is 18.4 Å². The summed E-state index contributed by atoms with van der Waals surface area (Å²) in [5.74, 6) is 1.08. The highest BCUT2D eigenvalue weighted by atomic mass is 16.7. The van der Waals surface area contributed by atoms with Gasteiger partial charge >= 0.3 is 5.97 Å². The summed E-state index contributed by atoms with van der Waals surface area (Å²) < 4.78 is 17.4. The van der Waals surface area contributed by atoms with Crippen LogP contribution in [-0.2, 0) is 19.0 Å². The van der Waals surface area contributed by atoms with Crippen LogP contribution in [0.3, 0.4) is 0 Å². The van der Waals surface area contributed by atoms with Crippen LogP contribution in [0.25, 0.3) is 10.4 Å². The number of ether oxygens (including phenoxy) is 3. The Hall–Kier alpha value is -1.68. The minimum absolute atomic E-state index is 0.0886. The average Bonchev–Trinajstić information content (AvgIpc) is 3.45. The molecule has 3 N–H and O–H groups in total. The minimum Gasteiger partial charge on any atom is -0.458 e. The fourth-order valence-corrected chi connectivity index (χ4v) is 10.0. The van der Waals surface area contributed by atoms with E-state index in [0.717, 1.165) is 63.4 Å². The number of esters is 1. The van der Waals surface area contributed by atoms with Gasteiger partial charge in [0, 0.05) is 16.4 Å². The van der Waals surface area contributed by atoms with Crippen LogP contribution in [0.2, 0.25) is 0 Å². The largest absolute Gasteiger partial charge is 0.458 e. The first-order chi connectivity index (χ1) is 18.5. The summed E-state index contributed by atoms with van der Waals surface area (Å²) in [5.41, 5.74) is 8.98. The molecule has 216 valence electrons. The highest BCUT2D eigenvalue weighted by molar-refractivity contribution is 5.85. The lowest BCUT2D eigenvalue weighted by Crippen LogP contribution is -2.62. The molecule has 0 aromatic rings. The Bertz CT molecular complexity index is 1080. The second-order valence-corrected chi connectivity index (χ2v) is 13.7. The molecule has 4 aliphatic carbocycles. The molecule has 6 rings (SSSR count). The molecule has 0 aromatic carbocycles. The van der Waals surface area contributed by atoms with Crippen LogP contribution in [0.15, 0.2) is 16.8 Å². The van der Waals surface area contributed by atoms with Gasteiger partial charge in [-0.1, -0.05) is 19.0 Å². The minimum atomic E-state index is -1.28. The van der Waals surface area contributed by atoms with Crippen LogP contribution < -0.4 is 0 Å². The molecule has 2 aliphatic heterocycles. The van der Waals surface area contributed by atoms with Crippen molar-refractivity contribution in [3.8, 4) is 0 Å². The molecule has 39 heavy (non-hydrogen) atoms. The van der Waals surface area contributed by atoms with Gasteiger partial charge in [-0.3, -0.25) is 0 Å². The van der Waals surface area contributed by atoms with Crippen LogP contribution >= 0.6 is 0 Å². The Morgan fingerprint density at radius 2 is 1.87 bits per heavy atom. The number of rotatable bonds is 4. The van der Waals surface area contributed by atoms with Gasteiger partial charge in [0.05, 0.1) is 30.0 Å². The van der Waals surface area contributed by atoms with E-state index >= 15 is 0 Å². The molecule has 13 atom stereocenters. The zero-order valence-corrected chi connectivity index (χ0v) is 23.2. The standard InChI is InChI=1S/C29H43N3O7/c1-15-23(31-32-30)24(34)25(35)26(38-15)39-18-6-9-27(2)17(13-18)4-5-21-20(27)7-10-28(3)19(8-11-29(21,28)36)16-12-22(33)37-14-16/h12,15,17-21,23-26,34-36H,4-11,13-14H2,1-3H3/t15?,17-,18-,19+,20?,21?,23?,24-,25-,26?,27?,28?,29-/m0/s1. The van der Waals surface area contributed by atoms with Gasteiger partial charge in [0.25, 0.3) is 0 Å². The van der Waals surface area contributed by atoms with Gasteiger partial charge in [-0.05, 0) is 105 Å². The van der Waals surface area contributed by atoms with Crippen molar-refractivity contribution in [1.82, 2.24) is 0 Å². The van der Waals surface area contributed by atoms with Gasteiger partial charge in [-0.15, -0.1) is 0 Å². The lowest BCUT2D eigenvalue weighted by molar-refractivity contribution is -0.291. The number of carbonyl (C=O) groups is 1. The predicted molar refractivity (Wildman–Crippen MR) is 140 cm³/mol. The maximum atomic E-state index is 12.4. The van der Waals surface area contributed by atoms with Crippen molar-refractivity contribution in [2.75, 3.05) is 6.61 Å². The molecule has 0 amide bonds. The Labute approximate surface area is 229 Å². The summed E-state index contributed by atoms with van der Waals surface area (Å²) in [6, 6.07) is -0.856. The van der Waals surface area contributed by atoms with Gasteiger partial charge < -0.3 is 29.5 Å². The van der Waals surface area contributed by atoms with Crippen LogP contribution in [0.1, 0.15) is 78.6 Å². The number of hydrogen-bond donors (Lipinski definition) is 3. The molecular formula is C29H43N3O7. The molecule has 10 heteroatoms. The monoisotopic (exact) mass is 545 g/mol. The lowest BCUT2D eigenvalue weighted by Gasteiger charge is -2.64. The van der Waals surface area contributed by atoms with Crippen molar-refractivity contribution in [1.29, 1.82) is 0 Å². The first-order valence-corrected chi connectivity index (χ1v) is 14.8. The average molecular weight is 546 g/mol. The van der Waals surface area contributed by atoms with Gasteiger partial charge in [0.2, 0.25) is 0 Å². The summed E-state index contributed by atoms with van der Waals surface area (Å²) in [4.78, 5) is 14.6. The summed E-state index contributed by atoms with van der Waals surface area (Å²) >= 11 is 0. The number of carbonyl (C=O) groups excluding carboxylic acids is 1. The van der Waals surface area contributed by atoms with Crippen LogP contribution in [-0.4, -0.2) is 70.2 Å². The molecule has 2 heterocycles. The summed E-state index contributed by atoms with van der Waals surface area (Å²) in [6.07, 6.45) is 5.93. The zero-order valence-electron chi connectivity index (χ0n) is 23.2. The van der Waals surface area contributed by atoms with Crippen LogP contribution in [0, 0.1) is 34.5 Å². The maximum Gasteiger partial charge on any atom is 0.331 e. The molecule has 4 saturated carbocycles. The lowest BCUT2D eigenvalue weighted by atomic mass is 9.43. The third-order valence-corrected chi connectivity index (χ3v) is 12.3. The predicted octanol–water partition coefficient (Wildman–Crippen LogP) is 3.77. The van der Waals surface area contributed by atoms with Crippen molar-refractivity contribution >= 4 is 5.97 Å². The van der Waals surface area contributed by atoms with Crippen molar-refractivity contribution in [2.45, 2.75) is 121 Å². The quantitative estimate of drug-likeness (QED) is 0.160. The highest BCUT2D eigenvalue weighted by Crippen LogP contribution is 2.70. The molecule has 7 unspecified atom stereocenters. The first kappa shape index (κ1) is 27.5. The van der Waals surface area contributed by atoms with E-state index in [1.807, 2.05) is 0 Å². The Morgan fingerprint density at radius 3 is 2.59 bits per heavy atom. The number of hydrogen-bond acceptors (Lipinski definition) is 8. The molecule has 10 nitrogen and oxygen atoms in total. The zero-order chi connectivity index (χ0) is 27.7. The molecule has 6 aliphatic rings. The van der Waals surface area contributed by atoms with Crippen molar-refractivity contribution in [3.63, 3.8) is 0 Å². The third kappa shape index (κ3) is 4.09. The molecule has 1 saturated heterocycles. The van der Waals surface area contributed by atoms with E-state index in [2.05, 4.69) is 23.9 Å². The maximum absolute atomic E-state index is 12.4. The summed E-state index contributed by atoms with van der Waals surface area (Å²) in [7, 11) is 0. The molecular weight excluding hydrogens is 502 g/mol. The van der Waals surface area contributed by atoms with E-state index in [-0.39, 0.29) is 34.7 Å². The number of cyclic esters (lactones) is 1. The first-order valence-electron chi connectivity index (χ1n) is 14.8. The SMILES string of the molecule is CC1OC(O[C@H]2CCC3(C)C4CCC5(C)[C@@H](C6=CC(=O)OC6)CC[C@]5(O)C4CC[C@H]3C2)[C@@H](O)[C@@H](O)C1N=[N+]=[N-]. The second kappa shape index (κ2) is 9.71. The van der Waals surface area contributed by atoms with E-state index in [4.69, 9.17) is 19.7 Å². The van der Waals surface area contributed by atoms with Crippen molar-refractivity contribution in [2.24, 2.45) is 39.6 Å². The normalized spacial score (nSPS) is 53.1. The van der Waals surface area contributed by atoms with Crippen molar-refractivity contribution < 1.29 is 34.3 Å². The van der Waals surface area contributed by atoms with E-state index < -0.39 is 36.2 Å². The molecule has 0 aromatic heterocycles. The van der Waals surface area contributed by atoms with Gasteiger partial charge in [-0.25, -0.2) is 4.79 Å². The number of nitrogens with zero attached hydrogens (tertiary/aromatic N) is 3. The molecule has 5 fully saturated rings. The van der Waals surface area contributed by atoms with Crippen LogP contribution in [0.4, 0.5) is 0 Å².